The molecule has 1 heterocycles. The van der Waals surface area contributed by atoms with Gasteiger partial charge in [0.05, 0.1) is 17.5 Å². The molecule has 4 rings (SSSR count). The minimum atomic E-state index is -1.06. The van der Waals surface area contributed by atoms with Gasteiger partial charge in [-0.1, -0.05) is 76.2 Å². The van der Waals surface area contributed by atoms with Crippen molar-refractivity contribution in [3.05, 3.63) is 94.5 Å². The van der Waals surface area contributed by atoms with Crippen molar-refractivity contribution >= 4 is 45.8 Å². The van der Waals surface area contributed by atoms with E-state index in [0.717, 1.165) is 15.7 Å². The minimum Gasteiger partial charge on any atom is -0.478 e. The average Bonchev–Trinajstić information content (AvgIpc) is 3.28. The molecule has 2 N–H and O–H groups in total. The van der Waals surface area contributed by atoms with Gasteiger partial charge in [-0.2, -0.15) is 5.10 Å². The molecule has 0 saturated heterocycles. The van der Waals surface area contributed by atoms with Crippen LogP contribution in [0.15, 0.2) is 93.6 Å². The van der Waals surface area contributed by atoms with Crippen molar-refractivity contribution in [2.45, 2.75) is 5.16 Å². The number of aromatic nitrogens is 3. The third-order valence-electron chi connectivity index (χ3n) is 4.67. The topological polar surface area (TPSA) is 109 Å². The first-order valence-electron chi connectivity index (χ1n) is 10.1. The highest BCUT2D eigenvalue weighted by Gasteiger charge is 2.17. The Kier molecular flexibility index (Phi) is 7.51. The maximum absolute atomic E-state index is 12.4. The van der Waals surface area contributed by atoms with E-state index in [4.69, 9.17) is 0 Å². The number of nitrogens with one attached hydrogen (secondary N) is 1. The van der Waals surface area contributed by atoms with Gasteiger partial charge in [0.1, 0.15) is 0 Å². The fraction of sp³-hybridized carbons (Fsp3) is 0.0417. The van der Waals surface area contributed by atoms with Crippen LogP contribution < -0.4 is 5.43 Å². The molecule has 34 heavy (non-hydrogen) atoms. The first kappa shape index (κ1) is 23.4. The Labute approximate surface area is 207 Å². The Balaban J connectivity index is 1.50. The number of thioether (sulfide) groups is 1. The van der Waals surface area contributed by atoms with Gasteiger partial charge in [0.2, 0.25) is 0 Å². The predicted octanol–water partition coefficient (Wildman–Crippen LogP) is 4.64. The summed E-state index contributed by atoms with van der Waals surface area (Å²) in [5.41, 5.74) is 4.68. The number of carboxylic acids is 1. The first-order valence-corrected chi connectivity index (χ1v) is 11.8. The van der Waals surface area contributed by atoms with E-state index in [9.17, 15) is 14.7 Å². The fourth-order valence-electron chi connectivity index (χ4n) is 3.10. The van der Waals surface area contributed by atoms with Crippen LogP contribution in [0.1, 0.15) is 15.9 Å². The van der Waals surface area contributed by atoms with Crippen LogP contribution in [0, 0.1) is 0 Å². The standard InChI is InChI=1S/C24H18BrN5O3S/c25-18-10-12-19(13-11-18)30-22(16-6-2-1-3-7-16)28-29-24(30)34-15-21(31)27-26-14-17-8-4-5-9-20(17)23(32)33/h1-14H,15H2,(H,27,31)(H,32,33). The maximum Gasteiger partial charge on any atom is 0.336 e. The molecule has 0 saturated carbocycles. The molecule has 0 fully saturated rings. The number of halogens is 1. The van der Waals surface area contributed by atoms with E-state index in [-0.39, 0.29) is 17.2 Å². The van der Waals surface area contributed by atoms with Gasteiger partial charge < -0.3 is 5.11 Å². The van der Waals surface area contributed by atoms with Crippen LogP contribution in [0.5, 0.6) is 0 Å². The number of rotatable bonds is 8. The van der Waals surface area contributed by atoms with Crippen LogP contribution in [0.4, 0.5) is 0 Å². The molecular formula is C24H18BrN5O3S. The molecule has 0 spiro atoms. The normalized spacial score (nSPS) is 11.0. The number of hydrazone groups is 1. The summed E-state index contributed by atoms with van der Waals surface area (Å²) in [6.45, 7) is 0. The molecule has 1 amide bonds. The molecule has 3 aromatic carbocycles. The van der Waals surface area contributed by atoms with Gasteiger partial charge in [-0.05, 0) is 30.3 Å². The molecule has 1 aromatic heterocycles. The van der Waals surface area contributed by atoms with Crippen LogP contribution in [-0.4, -0.2) is 43.7 Å². The van der Waals surface area contributed by atoms with Crippen molar-refractivity contribution in [3.63, 3.8) is 0 Å². The summed E-state index contributed by atoms with van der Waals surface area (Å²) in [6.07, 6.45) is 1.31. The van der Waals surface area contributed by atoms with Gasteiger partial charge in [0.15, 0.2) is 11.0 Å². The van der Waals surface area contributed by atoms with E-state index < -0.39 is 5.97 Å². The molecule has 0 atom stereocenters. The van der Waals surface area contributed by atoms with Gasteiger partial charge in [0, 0.05) is 21.3 Å². The lowest BCUT2D eigenvalue weighted by molar-refractivity contribution is -0.118. The van der Waals surface area contributed by atoms with Crippen LogP contribution in [-0.2, 0) is 4.79 Å². The number of benzene rings is 3. The number of carbonyl (C=O) groups excluding carboxylic acids is 1. The zero-order valence-electron chi connectivity index (χ0n) is 17.6. The Morgan fingerprint density at radius 2 is 1.71 bits per heavy atom. The van der Waals surface area contributed by atoms with Crippen LogP contribution in [0.2, 0.25) is 0 Å². The summed E-state index contributed by atoms with van der Waals surface area (Å²) in [7, 11) is 0. The van der Waals surface area contributed by atoms with Gasteiger partial charge in [-0.15, -0.1) is 10.2 Å². The molecule has 0 aliphatic rings. The largest absolute Gasteiger partial charge is 0.478 e. The molecule has 0 radical (unpaired) electrons. The van der Waals surface area contributed by atoms with Crippen molar-refractivity contribution in [3.8, 4) is 17.1 Å². The Bertz CT molecular complexity index is 1340. The summed E-state index contributed by atoms with van der Waals surface area (Å²) >= 11 is 4.67. The number of amides is 1. The van der Waals surface area contributed by atoms with E-state index >= 15 is 0 Å². The molecular weight excluding hydrogens is 518 g/mol. The summed E-state index contributed by atoms with van der Waals surface area (Å²) < 4.78 is 2.84. The second kappa shape index (κ2) is 10.9. The highest BCUT2D eigenvalue weighted by Crippen LogP contribution is 2.28. The van der Waals surface area contributed by atoms with E-state index in [1.165, 1.54) is 24.0 Å². The monoisotopic (exact) mass is 535 g/mol. The zero-order chi connectivity index (χ0) is 23.9. The molecule has 8 nitrogen and oxygen atoms in total. The molecule has 170 valence electrons. The van der Waals surface area contributed by atoms with Crippen LogP contribution in [0.3, 0.4) is 0 Å². The van der Waals surface area contributed by atoms with Crippen molar-refractivity contribution in [2.24, 2.45) is 5.10 Å². The number of carboxylic acid groups (broad SMARTS) is 1. The summed E-state index contributed by atoms with van der Waals surface area (Å²) in [6, 6.07) is 23.8. The van der Waals surface area contributed by atoms with Crippen molar-refractivity contribution in [2.75, 3.05) is 5.75 Å². The molecule has 0 aliphatic heterocycles. The van der Waals surface area contributed by atoms with E-state index in [1.54, 1.807) is 18.2 Å². The summed E-state index contributed by atoms with van der Waals surface area (Å²) in [4.78, 5) is 23.6. The fourth-order valence-corrected chi connectivity index (χ4v) is 4.11. The van der Waals surface area contributed by atoms with E-state index in [2.05, 4.69) is 36.7 Å². The quantitative estimate of drug-likeness (QED) is 0.193. The van der Waals surface area contributed by atoms with Crippen molar-refractivity contribution < 1.29 is 14.7 Å². The Hall–Kier alpha value is -3.76. The third-order valence-corrected chi connectivity index (χ3v) is 6.12. The maximum atomic E-state index is 12.4. The van der Waals surface area contributed by atoms with Crippen LogP contribution >= 0.6 is 27.7 Å². The molecule has 0 aliphatic carbocycles. The zero-order valence-corrected chi connectivity index (χ0v) is 20.0. The smallest absolute Gasteiger partial charge is 0.336 e. The molecule has 0 unspecified atom stereocenters. The number of nitrogens with zero attached hydrogens (tertiary/aromatic N) is 4. The first-order chi connectivity index (χ1) is 16.5. The number of hydrogen-bond acceptors (Lipinski definition) is 6. The number of carbonyl (C=O) groups is 2. The minimum absolute atomic E-state index is 0.0430. The SMILES string of the molecule is O=C(CSc1nnc(-c2ccccc2)n1-c1ccc(Br)cc1)NN=Cc1ccccc1C(=O)O. The highest BCUT2D eigenvalue weighted by atomic mass is 79.9. The highest BCUT2D eigenvalue weighted by molar-refractivity contribution is 9.10. The van der Waals surface area contributed by atoms with Gasteiger partial charge >= 0.3 is 5.97 Å². The van der Waals surface area contributed by atoms with E-state index in [1.807, 2.05) is 59.2 Å². The van der Waals surface area contributed by atoms with Gasteiger partial charge in [-0.25, -0.2) is 10.2 Å². The molecule has 0 bridgehead atoms. The van der Waals surface area contributed by atoms with E-state index in [0.29, 0.717) is 16.5 Å². The van der Waals surface area contributed by atoms with Gasteiger partial charge in [0.25, 0.3) is 5.91 Å². The second-order valence-corrected chi connectivity index (χ2v) is 8.82. The van der Waals surface area contributed by atoms with Crippen molar-refractivity contribution in [1.82, 2.24) is 20.2 Å². The Morgan fingerprint density at radius 1 is 1.00 bits per heavy atom. The molecule has 4 aromatic rings. The number of aromatic carboxylic acids is 1. The lowest BCUT2D eigenvalue weighted by Crippen LogP contribution is -2.20. The predicted molar refractivity (Wildman–Crippen MR) is 134 cm³/mol. The van der Waals surface area contributed by atoms with Crippen molar-refractivity contribution in [1.29, 1.82) is 0 Å². The lowest BCUT2D eigenvalue weighted by atomic mass is 10.1. The molecule has 10 heteroatoms. The Morgan fingerprint density at radius 3 is 2.44 bits per heavy atom. The second-order valence-electron chi connectivity index (χ2n) is 6.96. The average molecular weight is 536 g/mol. The summed E-state index contributed by atoms with van der Waals surface area (Å²) in [5, 5.41) is 22.3. The third kappa shape index (κ3) is 5.59. The number of hydrogen-bond donors (Lipinski definition) is 2. The van der Waals surface area contributed by atoms with Gasteiger partial charge in [-0.3, -0.25) is 9.36 Å². The lowest BCUT2D eigenvalue weighted by Gasteiger charge is -2.10. The van der Waals surface area contributed by atoms with Crippen LogP contribution in [0.25, 0.3) is 17.1 Å². The summed E-state index contributed by atoms with van der Waals surface area (Å²) in [5.74, 6) is -0.721.